The van der Waals surface area contributed by atoms with E-state index in [1.807, 2.05) is 38.1 Å². The van der Waals surface area contributed by atoms with Crippen LogP contribution in [-0.2, 0) is 21.4 Å². The molecule has 1 aromatic heterocycles. The number of cyclic esters (lactones) is 1. The van der Waals surface area contributed by atoms with Crippen molar-refractivity contribution in [3.63, 3.8) is 0 Å². The van der Waals surface area contributed by atoms with E-state index in [-0.39, 0.29) is 12.1 Å². The lowest BCUT2D eigenvalue weighted by Crippen LogP contribution is -2.34. The zero-order chi connectivity index (χ0) is 14.9. The number of ether oxygens (including phenoxy) is 1. The molecule has 110 valence electrons. The fourth-order valence-corrected chi connectivity index (χ4v) is 2.96. The van der Waals surface area contributed by atoms with Gasteiger partial charge in [-0.25, -0.2) is 4.98 Å². The van der Waals surface area contributed by atoms with E-state index in [9.17, 15) is 4.79 Å². The minimum absolute atomic E-state index is 0.0262. The Labute approximate surface area is 123 Å². The molecule has 1 fully saturated rings. The van der Waals surface area contributed by atoms with Crippen molar-refractivity contribution in [1.82, 2.24) is 15.2 Å². The Morgan fingerprint density at radius 1 is 1.38 bits per heavy atom. The van der Waals surface area contributed by atoms with E-state index in [4.69, 9.17) is 4.74 Å². The molecule has 0 spiro atoms. The average Bonchev–Trinajstić information content (AvgIpc) is 3.09. The molecule has 2 heterocycles. The quantitative estimate of drug-likeness (QED) is 0.875. The molecular formula is C16H19N3O2. The molecule has 2 unspecified atom stereocenters. The predicted molar refractivity (Wildman–Crippen MR) is 77.7 cm³/mol. The Morgan fingerprint density at radius 2 is 2.14 bits per heavy atom. The SMILES string of the molecule is CCC1CC(Cc2ncn[nH]2)(c2ccc(C)cc2)C(=O)O1. The number of hydrogen-bond acceptors (Lipinski definition) is 4. The number of aryl methyl sites for hydroxylation is 1. The Bertz CT molecular complexity index is 621. The zero-order valence-electron chi connectivity index (χ0n) is 12.3. The second-order valence-corrected chi connectivity index (χ2v) is 5.70. The van der Waals surface area contributed by atoms with Gasteiger partial charge in [0.15, 0.2) is 0 Å². The van der Waals surface area contributed by atoms with Gasteiger partial charge in [0.1, 0.15) is 23.7 Å². The first-order chi connectivity index (χ1) is 10.1. The second-order valence-electron chi connectivity index (χ2n) is 5.70. The van der Waals surface area contributed by atoms with Gasteiger partial charge in [-0.2, -0.15) is 5.10 Å². The van der Waals surface area contributed by atoms with Crippen molar-refractivity contribution in [3.8, 4) is 0 Å². The van der Waals surface area contributed by atoms with Gasteiger partial charge in [-0.15, -0.1) is 0 Å². The van der Waals surface area contributed by atoms with Crippen molar-refractivity contribution >= 4 is 5.97 Å². The Kier molecular flexibility index (Phi) is 3.49. The molecule has 1 aliphatic heterocycles. The van der Waals surface area contributed by atoms with Gasteiger partial charge in [-0.05, 0) is 18.9 Å². The molecule has 1 N–H and O–H groups in total. The molecule has 21 heavy (non-hydrogen) atoms. The fraction of sp³-hybridized carbons (Fsp3) is 0.438. The highest BCUT2D eigenvalue weighted by Crippen LogP contribution is 2.41. The smallest absolute Gasteiger partial charge is 0.317 e. The van der Waals surface area contributed by atoms with Crippen LogP contribution < -0.4 is 0 Å². The Morgan fingerprint density at radius 3 is 2.71 bits per heavy atom. The third kappa shape index (κ3) is 2.44. The molecule has 5 nitrogen and oxygen atoms in total. The molecular weight excluding hydrogens is 266 g/mol. The number of carbonyl (C=O) groups excluding carboxylic acids is 1. The van der Waals surface area contributed by atoms with Gasteiger partial charge < -0.3 is 4.74 Å². The summed E-state index contributed by atoms with van der Waals surface area (Å²) in [5.74, 6) is 0.555. The summed E-state index contributed by atoms with van der Waals surface area (Å²) in [5.41, 5.74) is 1.51. The van der Waals surface area contributed by atoms with Crippen molar-refractivity contribution < 1.29 is 9.53 Å². The van der Waals surface area contributed by atoms with Gasteiger partial charge in [-0.3, -0.25) is 9.89 Å². The first-order valence-electron chi connectivity index (χ1n) is 7.26. The summed E-state index contributed by atoms with van der Waals surface area (Å²) in [6.07, 6.45) is 3.45. The topological polar surface area (TPSA) is 67.9 Å². The molecule has 5 heteroatoms. The molecule has 0 radical (unpaired) electrons. The molecule has 1 aromatic carbocycles. The van der Waals surface area contributed by atoms with Crippen LogP contribution in [0.15, 0.2) is 30.6 Å². The standard InChI is InChI=1S/C16H19N3O2/c1-3-13-8-16(15(20)21-13,9-14-17-10-18-19-14)12-6-4-11(2)5-7-12/h4-7,10,13H,3,8-9H2,1-2H3,(H,17,18,19). The molecule has 2 atom stereocenters. The van der Waals surface area contributed by atoms with Crippen LogP contribution >= 0.6 is 0 Å². The van der Waals surface area contributed by atoms with Crippen molar-refractivity contribution in [2.45, 2.75) is 44.6 Å². The molecule has 0 bridgehead atoms. The first kappa shape index (κ1) is 13.8. The number of aromatic nitrogens is 3. The van der Waals surface area contributed by atoms with Crippen LogP contribution in [0.4, 0.5) is 0 Å². The van der Waals surface area contributed by atoms with Gasteiger partial charge in [0.05, 0.1) is 0 Å². The monoisotopic (exact) mass is 285 g/mol. The van der Waals surface area contributed by atoms with E-state index < -0.39 is 5.41 Å². The van der Waals surface area contributed by atoms with E-state index >= 15 is 0 Å². The van der Waals surface area contributed by atoms with Crippen LogP contribution in [0.2, 0.25) is 0 Å². The third-order valence-corrected chi connectivity index (χ3v) is 4.23. The largest absolute Gasteiger partial charge is 0.462 e. The van der Waals surface area contributed by atoms with Gasteiger partial charge in [0, 0.05) is 12.8 Å². The van der Waals surface area contributed by atoms with E-state index in [2.05, 4.69) is 15.2 Å². The van der Waals surface area contributed by atoms with Crippen molar-refractivity contribution in [2.75, 3.05) is 0 Å². The summed E-state index contributed by atoms with van der Waals surface area (Å²) < 4.78 is 5.56. The van der Waals surface area contributed by atoms with Gasteiger partial charge >= 0.3 is 5.97 Å². The molecule has 1 saturated heterocycles. The summed E-state index contributed by atoms with van der Waals surface area (Å²) >= 11 is 0. The lowest BCUT2D eigenvalue weighted by Gasteiger charge is -2.24. The second kappa shape index (κ2) is 5.31. The molecule has 2 aromatic rings. The number of nitrogens with zero attached hydrogens (tertiary/aromatic N) is 2. The molecule has 0 saturated carbocycles. The van der Waals surface area contributed by atoms with Crippen molar-refractivity contribution in [1.29, 1.82) is 0 Å². The van der Waals surface area contributed by atoms with Gasteiger partial charge in [0.2, 0.25) is 0 Å². The lowest BCUT2D eigenvalue weighted by molar-refractivity contribution is -0.145. The Hall–Kier alpha value is -2.17. The number of benzene rings is 1. The third-order valence-electron chi connectivity index (χ3n) is 4.23. The number of carbonyl (C=O) groups is 1. The predicted octanol–water partition coefficient (Wildman–Crippen LogP) is 2.32. The van der Waals surface area contributed by atoms with Crippen LogP contribution in [0.3, 0.4) is 0 Å². The van der Waals surface area contributed by atoms with Crippen LogP contribution in [0.25, 0.3) is 0 Å². The fourth-order valence-electron chi connectivity index (χ4n) is 2.96. The Balaban J connectivity index is 2.02. The number of esters is 1. The lowest BCUT2D eigenvalue weighted by atomic mass is 9.74. The van der Waals surface area contributed by atoms with Crippen LogP contribution in [0, 0.1) is 6.92 Å². The van der Waals surface area contributed by atoms with Crippen LogP contribution in [-0.4, -0.2) is 27.3 Å². The highest BCUT2D eigenvalue weighted by molar-refractivity contribution is 5.85. The molecule has 0 amide bonds. The number of rotatable bonds is 4. The maximum Gasteiger partial charge on any atom is 0.317 e. The minimum atomic E-state index is -0.659. The van der Waals surface area contributed by atoms with E-state index in [0.29, 0.717) is 18.7 Å². The average molecular weight is 285 g/mol. The first-order valence-corrected chi connectivity index (χ1v) is 7.26. The normalized spacial score (nSPS) is 25.0. The number of hydrogen-bond donors (Lipinski definition) is 1. The summed E-state index contributed by atoms with van der Waals surface area (Å²) in [6, 6.07) is 8.10. The maximum atomic E-state index is 12.6. The number of H-pyrrole nitrogens is 1. The van der Waals surface area contributed by atoms with E-state index in [1.54, 1.807) is 0 Å². The summed E-state index contributed by atoms with van der Waals surface area (Å²) in [4.78, 5) is 16.8. The number of aromatic amines is 1. The minimum Gasteiger partial charge on any atom is -0.462 e. The molecule has 3 rings (SSSR count). The van der Waals surface area contributed by atoms with E-state index in [1.165, 1.54) is 11.9 Å². The summed E-state index contributed by atoms with van der Waals surface area (Å²) in [7, 11) is 0. The maximum absolute atomic E-state index is 12.6. The molecule has 1 aliphatic rings. The van der Waals surface area contributed by atoms with Crippen molar-refractivity contribution in [2.24, 2.45) is 0 Å². The van der Waals surface area contributed by atoms with Crippen LogP contribution in [0.5, 0.6) is 0 Å². The van der Waals surface area contributed by atoms with Crippen LogP contribution in [0.1, 0.15) is 36.7 Å². The summed E-state index contributed by atoms with van der Waals surface area (Å²) in [6.45, 7) is 4.08. The van der Waals surface area contributed by atoms with E-state index in [0.717, 1.165) is 12.0 Å². The summed E-state index contributed by atoms with van der Waals surface area (Å²) in [5, 5.41) is 6.73. The molecule has 0 aliphatic carbocycles. The zero-order valence-corrected chi connectivity index (χ0v) is 12.3. The number of nitrogens with one attached hydrogen (secondary N) is 1. The van der Waals surface area contributed by atoms with Gasteiger partial charge in [-0.1, -0.05) is 36.8 Å². The highest BCUT2D eigenvalue weighted by atomic mass is 16.6. The van der Waals surface area contributed by atoms with Crippen molar-refractivity contribution in [3.05, 3.63) is 47.5 Å². The van der Waals surface area contributed by atoms with Gasteiger partial charge in [0.25, 0.3) is 0 Å². The highest BCUT2D eigenvalue weighted by Gasteiger charge is 2.50.